The monoisotopic (exact) mass is 820 g/mol. The fourth-order valence-electron chi connectivity index (χ4n) is 10.2. The molecule has 2 atom stereocenters. The van der Waals surface area contributed by atoms with E-state index in [1.807, 2.05) is 6.07 Å². The van der Waals surface area contributed by atoms with E-state index in [1.54, 1.807) is 0 Å². The standard InChI is InChI=1S/C58H40N6/c1-37-17-11-13-25-44(37)54-55-56(60-57(39-19-5-2-6-20-39)63(55)43-23-9-4-10-24-43)61-58(59-54)64-51-33-31-41(36-48(51)53-45-26-14-12-18-38(45)29-34-52(53)64)40-30-32-50-47(35-40)46-27-15-16-28-49(46)62(50)42-21-7-3-8-22-42/h2-37,44H,1H3. The summed E-state index contributed by atoms with van der Waals surface area (Å²) < 4.78 is 6.88. The van der Waals surface area contributed by atoms with Crippen molar-refractivity contribution < 1.29 is 0 Å². The Morgan fingerprint density at radius 2 is 1.02 bits per heavy atom. The zero-order valence-corrected chi connectivity index (χ0v) is 35.0. The second kappa shape index (κ2) is 14.4. The van der Waals surface area contributed by atoms with Gasteiger partial charge in [-0.1, -0.05) is 159 Å². The highest BCUT2D eigenvalue weighted by Gasteiger charge is 2.29. The third-order valence-corrected chi connectivity index (χ3v) is 13.2. The van der Waals surface area contributed by atoms with Gasteiger partial charge < -0.3 is 4.57 Å². The second-order valence-electron chi connectivity index (χ2n) is 16.9. The maximum absolute atomic E-state index is 5.67. The van der Waals surface area contributed by atoms with Crippen molar-refractivity contribution in [2.24, 2.45) is 5.92 Å². The lowest BCUT2D eigenvalue weighted by Gasteiger charge is -2.22. The van der Waals surface area contributed by atoms with Crippen LogP contribution in [0.5, 0.6) is 0 Å². The minimum Gasteiger partial charge on any atom is -0.309 e. The normalized spacial score (nSPS) is 15.1. The van der Waals surface area contributed by atoms with Crippen molar-refractivity contribution in [1.29, 1.82) is 0 Å². The van der Waals surface area contributed by atoms with Gasteiger partial charge in [-0.25, -0.2) is 9.97 Å². The third kappa shape index (κ3) is 5.55. The Bertz CT molecular complexity index is 3850. The van der Waals surface area contributed by atoms with Gasteiger partial charge in [0.2, 0.25) is 5.95 Å². The molecule has 8 aromatic carbocycles. The minimum absolute atomic E-state index is 0.000290. The summed E-state index contributed by atoms with van der Waals surface area (Å²) in [6.45, 7) is 2.27. The molecular formula is C58H40N6. The number of fused-ring (bicyclic) bond motifs is 9. The van der Waals surface area contributed by atoms with Gasteiger partial charge in [0.05, 0.1) is 27.8 Å². The number of benzene rings is 8. The van der Waals surface area contributed by atoms with E-state index in [-0.39, 0.29) is 11.8 Å². The van der Waals surface area contributed by atoms with Gasteiger partial charge in [-0.2, -0.15) is 4.98 Å². The van der Waals surface area contributed by atoms with Gasteiger partial charge >= 0.3 is 0 Å². The molecule has 0 N–H and O–H groups in total. The van der Waals surface area contributed by atoms with Crippen molar-refractivity contribution in [1.82, 2.24) is 28.7 Å². The van der Waals surface area contributed by atoms with Crippen LogP contribution in [0.4, 0.5) is 0 Å². The van der Waals surface area contributed by atoms with Gasteiger partial charge in [0.1, 0.15) is 11.3 Å². The molecule has 64 heavy (non-hydrogen) atoms. The summed E-state index contributed by atoms with van der Waals surface area (Å²) in [5.41, 5.74) is 12.5. The van der Waals surface area contributed by atoms with E-state index in [0.29, 0.717) is 11.6 Å². The first-order valence-corrected chi connectivity index (χ1v) is 22.0. The van der Waals surface area contributed by atoms with Crippen LogP contribution in [0.2, 0.25) is 0 Å². The molecule has 0 bridgehead atoms. The molecule has 0 saturated heterocycles. The molecule has 0 aliphatic heterocycles. The zero-order valence-electron chi connectivity index (χ0n) is 35.0. The predicted molar refractivity (Wildman–Crippen MR) is 264 cm³/mol. The Balaban J connectivity index is 1.07. The number of hydrogen-bond donors (Lipinski definition) is 0. The molecule has 13 rings (SSSR count). The van der Waals surface area contributed by atoms with Gasteiger partial charge in [-0.3, -0.25) is 9.13 Å². The second-order valence-corrected chi connectivity index (χ2v) is 16.9. The summed E-state index contributed by atoms with van der Waals surface area (Å²) in [5, 5.41) is 7.17. The molecule has 1 aliphatic rings. The smallest absolute Gasteiger partial charge is 0.237 e. The summed E-state index contributed by atoms with van der Waals surface area (Å²) in [4.78, 5) is 16.5. The van der Waals surface area contributed by atoms with Crippen LogP contribution in [0.25, 0.3) is 105 Å². The predicted octanol–water partition coefficient (Wildman–Crippen LogP) is 14.3. The van der Waals surface area contributed by atoms with Crippen molar-refractivity contribution in [3.05, 3.63) is 218 Å². The minimum atomic E-state index is 0.000290. The lowest BCUT2D eigenvalue weighted by Crippen LogP contribution is -2.14. The molecule has 0 amide bonds. The van der Waals surface area contributed by atoms with Crippen LogP contribution >= 0.6 is 0 Å². The Labute approximate surface area is 369 Å². The first-order chi connectivity index (χ1) is 31.7. The zero-order chi connectivity index (χ0) is 42.3. The summed E-state index contributed by atoms with van der Waals surface area (Å²) in [5.74, 6) is 1.65. The van der Waals surface area contributed by atoms with Gasteiger partial charge in [0.15, 0.2) is 5.65 Å². The summed E-state index contributed by atoms with van der Waals surface area (Å²) >= 11 is 0. The Morgan fingerprint density at radius 1 is 0.422 bits per heavy atom. The van der Waals surface area contributed by atoms with Gasteiger partial charge in [0, 0.05) is 44.4 Å². The van der Waals surface area contributed by atoms with E-state index < -0.39 is 0 Å². The highest BCUT2D eigenvalue weighted by molar-refractivity contribution is 6.22. The van der Waals surface area contributed by atoms with E-state index in [2.05, 4.69) is 227 Å². The van der Waals surface area contributed by atoms with Crippen LogP contribution in [-0.4, -0.2) is 28.7 Å². The van der Waals surface area contributed by atoms with Crippen LogP contribution in [0.1, 0.15) is 18.5 Å². The first-order valence-electron chi connectivity index (χ1n) is 22.0. The van der Waals surface area contributed by atoms with Crippen LogP contribution in [0, 0.1) is 5.92 Å². The Kier molecular flexibility index (Phi) is 8.15. The van der Waals surface area contributed by atoms with Crippen molar-refractivity contribution in [3.8, 4) is 39.8 Å². The Hall–Kier alpha value is -8.35. The summed E-state index contributed by atoms with van der Waals surface area (Å²) in [6.07, 6.45) is 8.83. The maximum Gasteiger partial charge on any atom is 0.237 e. The lowest BCUT2D eigenvalue weighted by molar-refractivity contribution is 0.620. The van der Waals surface area contributed by atoms with E-state index >= 15 is 0 Å². The first kappa shape index (κ1) is 36.3. The lowest BCUT2D eigenvalue weighted by atomic mass is 9.87. The number of imidazole rings is 1. The van der Waals surface area contributed by atoms with E-state index in [1.165, 1.54) is 38.0 Å². The number of aromatic nitrogens is 6. The number of para-hydroxylation sites is 3. The molecular weight excluding hydrogens is 781 g/mol. The maximum atomic E-state index is 5.67. The number of nitrogens with zero attached hydrogens (tertiary/aromatic N) is 6. The highest BCUT2D eigenvalue weighted by atomic mass is 15.2. The van der Waals surface area contributed by atoms with E-state index in [0.717, 1.165) is 61.5 Å². The molecule has 0 spiro atoms. The van der Waals surface area contributed by atoms with Gasteiger partial charge in [0.25, 0.3) is 0 Å². The summed E-state index contributed by atoms with van der Waals surface area (Å²) in [7, 11) is 0. The van der Waals surface area contributed by atoms with Crippen LogP contribution < -0.4 is 0 Å². The topological polar surface area (TPSA) is 53.5 Å². The van der Waals surface area contributed by atoms with Crippen molar-refractivity contribution in [2.45, 2.75) is 12.8 Å². The van der Waals surface area contributed by atoms with Crippen molar-refractivity contribution in [3.63, 3.8) is 0 Å². The van der Waals surface area contributed by atoms with Crippen molar-refractivity contribution >= 4 is 65.5 Å². The van der Waals surface area contributed by atoms with Crippen LogP contribution in [0.15, 0.2) is 212 Å². The average molecular weight is 821 g/mol. The fourth-order valence-corrected chi connectivity index (χ4v) is 10.2. The van der Waals surface area contributed by atoms with Crippen LogP contribution in [-0.2, 0) is 0 Å². The van der Waals surface area contributed by atoms with E-state index in [4.69, 9.17) is 15.0 Å². The largest absolute Gasteiger partial charge is 0.309 e. The molecule has 6 heteroatoms. The third-order valence-electron chi connectivity index (χ3n) is 13.2. The van der Waals surface area contributed by atoms with Crippen molar-refractivity contribution in [2.75, 3.05) is 0 Å². The highest BCUT2D eigenvalue weighted by Crippen LogP contribution is 2.42. The average Bonchev–Trinajstić information content (AvgIpc) is 4.02. The quantitative estimate of drug-likeness (QED) is 0.168. The number of allylic oxidation sites excluding steroid dienone is 4. The molecule has 1 aliphatic carbocycles. The summed E-state index contributed by atoms with van der Waals surface area (Å²) in [6, 6.07) is 67.2. The number of rotatable bonds is 6. The molecule has 4 heterocycles. The van der Waals surface area contributed by atoms with Gasteiger partial charge in [-0.05, 0) is 88.5 Å². The Morgan fingerprint density at radius 3 is 1.77 bits per heavy atom. The molecule has 0 saturated carbocycles. The molecule has 4 aromatic heterocycles. The fraction of sp³-hybridized carbons (Fsp3) is 0.0517. The molecule has 0 radical (unpaired) electrons. The van der Waals surface area contributed by atoms with Crippen LogP contribution in [0.3, 0.4) is 0 Å². The molecule has 2 unspecified atom stereocenters. The number of hydrogen-bond acceptors (Lipinski definition) is 3. The molecule has 12 aromatic rings. The molecule has 302 valence electrons. The SMILES string of the molecule is CC1C=CC=CC1c1nc(-n2c3ccc(-c4ccc5c(c4)c4ccccc4n5-c4ccccc4)cc3c3c4ccccc4ccc32)nc2nc(-c3ccccc3)n(-c3ccccc3)c12. The molecule has 6 nitrogen and oxygen atoms in total. The van der Waals surface area contributed by atoms with E-state index in [9.17, 15) is 0 Å². The molecule has 0 fully saturated rings. The van der Waals surface area contributed by atoms with Gasteiger partial charge in [-0.15, -0.1) is 0 Å².